The van der Waals surface area contributed by atoms with Crippen molar-refractivity contribution in [1.82, 2.24) is 19.5 Å². The lowest BCUT2D eigenvalue weighted by atomic mass is 9.63. The molecule has 3 heterocycles. The third kappa shape index (κ3) is 4.59. The summed E-state index contributed by atoms with van der Waals surface area (Å²) in [7, 11) is 0. The van der Waals surface area contributed by atoms with Gasteiger partial charge in [0.25, 0.3) is 0 Å². The van der Waals surface area contributed by atoms with Crippen molar-refractivity contribution >= 4 is 33.4 Å². The average molecular weight is 767 g/mol. The summed E-state index contributed by atoms with van der Waals surface area (Å²) in [6.45, 7) is 0. The van der Waals surface area contributed by atoms with Gasteiger partial charge in [0.1, 0.15) is 0 Å². The zero-order chi connectivity index (χ0) is 39.4. The molecule has 1 atom stereocenters. The highest BCUT2D eigenvalue weighted by atomic mass is 15.0. The van der Waals surface area contributed by atoms with Crippen molar-refractivity contribution < 1.29 is 0 Å². The van der Waals surface area contributed by atoms with E-state index in [0.717, 1.165) is 64.3 Å². The summed E-state index contributed by atoms with van der Waals surface area (Å²) in [5, 5.41) is 3.61. The Kier molecular flexibility index (Phi) is 7.14. The summed E-state index contributed by atoms with van der Waals surface area (Å²) in [4.78, 5) is 15.7. The van der Waals surface area contributed by atoms with E-state index in [0.29, 0.717) is 17.5 Å². The third-order valence-corrected chi connectivity index (χ3v) is 13.4. The molecule has 0 bridgehead atoms. The van der Waals surface area contributed by atoms with Gasteiger partial charge in [-0.3, -0.25) is 0 Å². The predicted molar refractivity (Wildman–Crippen MR) is 245 cm³/mol. The van der Waals surface area contributed by atoms with E-state index in [-0.39, 0.29) is 0 Å². The van der Waals surface area contributed by atoms with E-state index >= 15 is 0 Å². The van der Waals surface area contributed by atoms with Crippen molar-refractivity contribution in [3.63, 3.8) is 0 Å². The van der Waals surface area contributed by atoms with E-state index in [1.54, 1.807) is 0 Å². The number of allylic oxidation sites excluding steroid dienone is 5. The van der Waals surface area contributed by atoms with Crippen LogP contribution in [0.1, 0.15) is 47.2 Å². The van der Waals surface area contributed by atoms with Gasteiger partial charge in [0.2, 0.25) is 0 Å². The van der Waals surface area contributed by atoms with Gasteiger partial charge in [0.05, 0.1) is 10.9 Å². The highest BCUT2D eigenvalue weighted by Gasteiger charge is 2.52. The maximum atomic E-state index is 5.31. The minimum Gasteiger partial charge on any atom is -0.316 e. The second-order valence-corrected chi connectivity index (χ2v) is 16.4. The van der Waals surface area contributed by atoms with Crippen LogP contribution in [0.3, 0.4) is 0 Å². The first-order valence-electron chi connectivity index (χ1n) is 21.1. The first-order valence-corrected chi connectivity index (χ1v) is 21.1. The Labute approximate surface area is 348 Å². The van der Waals surface area contributed by atoms with Crippen LogP contribution in [0.4, 0.5) is 0 Å². The minimum absolute atomic E-state index is 0.487. The van der Waals surface area contributed by atoms with Gasteiger partial charge in [-0.25, -0.2) is 15.0 Å². The van der Waals surface area contributed by atoms with Crippen LogP contribution >= 0.6 is 0 Å². The number of hydrogen-bond acceptors (Lipinski definition) is 3. The van der Waals surface area contributed by atoms with Crippen molar-refractivity contribution in [3.8, 4) is 56.4 Å². The van der Waals surface area contributed by atoms with Gasteiger partial charge in [-0.05, 0) is 87.0 Å². The quantitative estimate of drug-likeness (QED) is 0.179. The van der Waals surface area contributed by atoms with Crippen LogP contribution in [0.15, 0.2) is 182 Å². The number of benzene rings is 7. The number of rotatable bonds is 4. The van der Waals surface area contributed by atoms with Crippen molar-refractivity contribution in [3.05, 3.63) is 209 Å². The van der Waals surface area contributed by atoms with E-state index in [1.165, 1.54) is 61.2 Å². The Bertz CT molecular complexity index is 3310. The standard InChI is InChI=1S/C56H38N4/c1-3-17-36(18-4-1)53-57-54(37-19-5-2-6-20-37)59-55(58-53)51-39-21-8-7-16-35(39)30-32-40(51)38-31-33-42-41-22-9-11-25-45(41)56(48(42)34-38)46-26-12-14-29-50(46)60-49-28-13-10-23-43(49)44-24-15-27-47(56)52(44)60/h1-12,15-27,30-34H,13-14,28-29H2. The molecular weight excluding hydrogens is 729 g/mol. The Morgan fingerprint density at radius 2 is 1.12 bits per heavy atom. The molecule has 0 saturated carbocycles. The van der Waals surface area contributed by atoms with E-state index in [1.807, 2.05) is 36.4 Å². The number of hydrogen-bond donors (Lipinski definition) is 0. The lowest BCUT2D eigenvalue weighted by molar-refractivity contribution is 0.721. The molecule has 13 rings (SSSR count). The first-order chi connectivity index (χ1) is 29.8. The molecule has 1 aliphatic heterocycles. The molecule has 9 aromatic rings. The molecule has 60 heavy (non-hydrogen) atoms. The Morgan fingerprint density at radius 1 is 0.467 bits per heavy atom. The molecule has 0 amide bonds. The van der Waals surface area contributed by atoms with E-state index in [2.05, 4.69) is 150 Å². The lowest BCUT2D eigenvalue weighted by Crippen LogP contribution is -2.35. The van der Waals surface area contributed by atoms with Gasteiger partial charge in [0.15, 0.2) is 17.5 Å². The molecule has 7 aromatic carbocycles. The van der Waals surface area contributed by atoms with Gasteiger partial charge < -0.3 is 4.57 Å². The fraction of sp³-hybridized carbons (Fsp3) is 0.0893. The molecule has 1 unspecified atom stereocenters. The molecule has 0 saturated heterocycles. The van der Waals surface area contributed by atoms with Gasteiger partial charge in [-0.15, -0.1) is 0 Å². The fourth-order valence-corrected chi connectivity index (χ4v) is 10.9. The second-order valence-electron chi connectivity index (χ2n) is 16.4. The average Bonchev–Trinajstić information content (AvgIpc) is 3.82. The van der Waals surface area contributed by atoms with Crippen molar-refractivity contribution in [2.75, 3.05) is 0 Å². The van der Waals surface area contributed by atoms with Crippen molar-refractivity contribution in [2.45, 2.75) is 31.1 Å². The summed E-state index contributed by atoms with van der Waals surface area (Å²) < 4.78 is 2.68. The topological polar surface area (TPSA) is 43.6 Å². The Hall–Kier alpha value is -7.43. The minimum atomic E-state index is -0.487. The van der Waals surface area contributed by atoms with Crippen molar-refractivity contribution in [1.29, 1.82) is 0 Å². The Balaban J connectivity index is 1.11. The van der Waals surface area contributed by atoms with Crippen molar-refractivity contribution in [2.24, 2.45) is 0 Å². The van der Waals surface area contributed by atoms with Crippen LogP contribution in [-0.4, -0.2) is 19.5 Å². The first kappa shape index (κ1) is 33.5. The molecular formula is C56H38N4. The van der Waals surface area contributed by atoms with Gasteiger partial charge >= 0.3 is 0 Å². The zero-order valence-corrected chi connectivity index (χ0v) is 32.9. The number of para-hydroxylation sites is 1. The normalized spacial score (nSPS) is 16.9. The van der Waals surface area contributed by atoms with Gasteiger partial charge in [-0.1, -0.05) is 176 Å². The maximum Gasteiger partial charge on any atom is 0.165 e. The van der Waals surface area contributed by atoms with E-state index in [9.17, 15) is 0 Å². The predicted octanol–water partition coefficient (Wildman–Crippen LogP) is 13.5. The molecule has 4 aliphatic rings. The van der Waals surface area contributed by atoms with Gasteiger partial charge in [-0.2, -0.15) is 0 Å². The van der Waals surface area contributed by atoms with Crippen LogP contribution in [0.5, 0.6) is 0 Å². The smallest absolute Gasteiger partial charge is 0.165 e. The summed E-state index contributed by atoms with van der Waals surface area (Å²) in [6, 6.07) is 57.1. The van der Waals surface area contributed by atoms with Crippen LogP contribution in [-0.2, 0) is 11.8 Å². The number of aromatic nitrogens is 4. The molecule has 0 radical (unpaired) electrons. The zero-order valence-electron chi connectivity index (χ0n) is 32.9. The number of fused-ring (bicyclic) bond motifs is 12. The lowest BCUT2D eigenvalue weighted by Gasteiger charge is -2.42. The monoisotopic (exact) mass is 766 g/mol. The second kappa shape index (κ2) is 12.8. The van der Waals surface area contributed by atoms with Gasteiger partial charge in [0, 0.05) is 39.0 Å². The molecule has 0 fully saturated rings. The molecule has 0 N–H and O–H groups in total. The molecule has 3 aliphatic carbocycles. The molecule has 282 valence electrons. The van der Waals surface area contributed by atoms with E-state index < -0.39 is 5.41 Å². The fourth-order valence-electron chi connectivity index (χ4n) is 10.9. The molecule has 4 nitrogen and oxygen atoms in total. The maximum absolute atomic E-state index is 5.31. The highest BCUT2D eigenvalue weighted by molar-refractivity contribution is 6.06. The Morgan fingerprint density at radius 3 is 1.95 bits per heavy atom. The van der Waals surface area contributed by atoms with Crippen LogP contribution in [0.2, 0.25) is 0 Å². The summed E-state index contributed by atoms with van der Waals surface area (Å²) in [5.74, 6) is 1.97. The molecule has 2 aromatic heterocycles. The number of nitrogens with zero attached hydrogens (tertiary/aromatic N) is 4. The van der Waals surface area contributed by atoms with Crippen LogP contribution in [0.25, 0.3) is 89.9 Å². The molecule has 1 spiro atoms. The van der Waals surface area contributed by atoms with Crippen LogP contribution < -0.4 is 0 Å². The third-order valence-electron chi connectivity index (χ3n) is 13.4. The molecule has 4 heteroatoms. The highest BCUT2D eigenvalue weighted by Crippen LogP contribution is 2.62. The summed E-state index contributed by atoms with van der Waals surface area (Å²) >= 11 is 0. The summed E-state index contributed by atoms with van der Waals surface area (Å²) in [6.07, 6.45) is 13.8. The summed E-state index contributed by atoms with van der Waals surface area (Å²) in [5.41, 5.74) is 18.4. The largest absolute Gasteiger partial charge is 0.316 e. The SMILES string of the molecule is C1=CC2=C(CC1)n1c3c(c4cccc(c41)C21c2ccccc2-c2ccc(-c4ccc5ccccc5c4-c4nc(-c5ccccc5)nc(-c5ccccc5)n4)cc21)C=CCC3. The van der Waals surface area contributed by atoms with Crippen LogP contribution in [0, 0.1) is 0 Å². The van der Waals surface area contributed by atoms with E-state index in [4.69, 9.17) is 15.0 Å².